The van der Waals surface area contributed by atoms with Crippen molar-refractivity contribution in [1.29, 1.82) is 0 Å². The zero-order valence-corrected chi connectivity index (χ0v) is 17.4. The molecule has 1 amide bonds. The number of pyridine rings is 1. The summed E-state index contributed by atoms with van der Waals surface area (Å²) in [6.07, 6.45) is 0.521. The van der Waals surface area contributed by atoms with Gasteiger partial charge in [0.25, 0.3) is 5.56 Å². The molecule has 9 heteroatoms. The van der Waals surface area contributed by atoms with Gasteiger partial charge < -0.3 is 19.7 Å². The molecule has 0 spiro atoms. The molecule has 0 radical (unpaired) electrons. The maximum atomic E-state index is 12.4. The maximum absolute atomic E-state index is 12.4. The normalized spacial score (nSPS) is 10.6. The molecule has 2 heterocycles. The van der Waals surface area contributed by atoms with E-state index in [1.807, 2.05) is 30.3 Å². The first-order valence-corrected chi connectivity index (χ1v) is 10.0. The molecule has 2 N–H and O–H groups in total. The lowest BCUT2D eigenvalue weighted by molar-refractivity contribution is -0.116. The summed E-state index contributed by atoms with van der Waals surface area (Å²) < 4.78 is 6.21. The van der Waals surface area contributed by atoms with Gasteiger partial charge in [0.05, 0.1) is 7.11 Å². The minimum Gasteiger partial charge on any atom is -0.508 e. The summed E-state index contributed by atoms with van der Waals surface area (Å²) in [5.74, 6) is -1.02. The fourth-order valence-corrected chi connectivity index (χ4v) is 3.96. The average Bonchev–Trinajstić information content (AvgIpc) is 3.09. The van der Waals surface area contributed by atoms with Crippen LogP contribution in [0.3, 0.4) is 0 Å². The molecule has 2 aromatic heterocycles. The molecule has 0 aliphatic carbocycles. The van der Waals surface area contributed by atoms with Crippen molar-refractivity contribution in [2.45, 2.75) is 26.3 Å². The van der Waals surface area contributed by atoms with Crippen LogP contribution in [-0.2, 0) is 22.5 Å². The number of carbonyl (C=O) groups is 2. The molecule has 8 nitrogen and oxygen atoms in total. The number of thiazole rings is 1. The smallest absolute Gasteiger partial charge is 0.357 e. The van der Waals surface area contributed by atoms with Gasteiger partial charge in [0.2, 0.25) is 5.91 Å². The number of aromatic hydroxyl groups is 1. The Morgan fingerprint density at radius 2 is 1.97 bits per heavy atom. The molecular weight excluding hydrogens is 406 g/mol. The molecule has 0 bridgehead atoms. The standard InChI is InChI=1S/C21H21N3O5S/c1-13-10-15(25)12-18(27)24(13)9-8-17(26)22-21-23-19(20(28)29-2)16(30-21)11-14-6-4-3-5-7-14/h3-7,10,12,25H,8-9,11H2,1-2H3,(H,22,23,26). The Morgan fingerprint density at radius 1 is 1.23 bits per heavy atom. The van der Waals surface area contributed by atoms with Crippen LogP contribution in [-0.4, -0.2) is 33.6 Å². The number of hydrogen-bond donors (Lipinski definition) is 2. The molecular formula is C21H21N3O5S. The lowest BCUT2D eigenvalue weighted by Gasteiger charge is -2.09. The third kappa shape index (κ3) is 5.12. The number of anilines is 1. The third-order valence-corrected chi connectivity index (χ3v) is 5.38. The van der Waals surface area contributed by atoms with E-state index in [0.717, 1.165) is 11.6 Å². The van der Waals surface area contributed by atoms with Crippen molar-refractivity contribution in [3.05, 3.63) is 74.6 Å². The van der Waals surface area contributed by atoms with Crippen molar-refractivity contribution in [2.75, 3.05) is 12.4 Å². The van der Waals surface area contributed by atoms with Crippen LogP contribution in [0.1, 0.15) is 33.0 Å². The lowest BCUT2D eigenvalue weighted by Crippen LogP contribution is -2.24. The largest absolute Gasteiger partial charge is 0.508 e. The molecule has 0 saturated heterocycles. The second-order valence-electron chi connectivity index (χ2n) is 6.59. The molecule has 0 aliphatic rings. The monoisotopic (exact) mass is 427 g/mol. The van der Waals surface area contributed by atoms with Gasteiger partial charge in [-0.1, -0.05) is 30.3 Å². The molecule has 1 aromatic carbocycles. The summed E-state index contributed by atoms with van der Waals surface area (Å²) in [6.45, 7) is 1.83. The van der Waals surface area contributed by atoms with Gasteiger partial charge in [-0.15, -0.1) is 11.3 Å². The van der Waals surface area contributed by atoms with Gasteiger partial charge >= 0.3 is 5.97 Å². The van der Waals surface area contributed by atoms with Gasteiger partial charge in [-0.05, 0) is 18.6 Å². The number of amides is 1. The Morgan fingerprint density at radius 3 is 2.63 bits per heavy atom. The quantitative estimate of drug-likeness (QED) is 0.561. The summed E-state index contributed by atoms with van der Waals surface area (Å²) >= 11 is 1.21. The van der Waals surface area contributed by atoms with Crippen LogP contribution in [0.5, 0.6) is 5.75 Å². The van der Waals surface area contributed by atoms with E-state index in [2.05, 4.69) is 10.3 Å². The van der Waals surface area contributed by atoms with Crippen LogP contribution in [0.25, 0.3) is 0 Å². The lowest BCUT2D eigenvalue weighted by atomic mass is 10.1. The highest BCUT2D eigenvalue weighted by Gasteiger charge is 2.20. The number of aromatic nitrogens is 2. The van der Waals surface area contributed by atoms with E-state index >= 15 is 0 Å². The van der Waals surface area contributed by atoms with Crippen LogP contribution in [0.15, 0.2) is 47.3 Å². The number of ether oxygens (including phenoxy) is 1. The van der Waals surface area contributed by atoms with Crippen molar-refractivity contribution < 1.29 is 19.4 Å². The zero-order chi connectivity index (χ0) is 21.7. The Bertz CT molecular complexity index is 1120. The van der Waals surface area contributed by atoms with E-state index < -0.39 is 5.97 Å². The molecule has 0 aliphatic heterocycles. The number of benzene rings is 1. The number of nitrogens with zero attached hydrogens (tertiary/aromatic N) is 2. The van der Waals surface area contributed by atoms with Crippen molar-refractivity contribution in [2.24, 2.45) is 0 Å². The first-order valence-electron chi connectivity index (χ1n) is 9.19. The Hall–Kier alpha value is -3.46. The summed E-state index contributed by atoms with van der Waals surface area (Å²) in [7, 11) is 1.28. The predicted molar refractivity (Wildman–Crippen MR) is 113 cm³/mol. The van der Waals surface area contributed by atoms with Gasteiger partial charge in [-0.3, -0.25) is 9.59 Å². The van der Waals surface area contributed by atoms with Gasteiger partial charge in [0.15, 0.2) is 10.8 Å². The number of rotatable bonds is 7. The molecule has 3 aromatic rings. The highest BCUT2D eigenvalue weighted by Crippen LogP contribution is 2.26. The van der Waals surface area contributed by atoms with Gasteiger partial charge in [0.1, 0.15) is 5.75 Å². The Labute approximate surface area is 176 Å². The average molecular weight is 427 g/mol. The Balaban J connectivity index is 1.72. The van der Waals surface area contributed by atoms with Crippen LogP contribution < -0.4 is 10.9 Å². The molecule has 30 heavy (non-hydrogen) atoms. The van der Waals surface area contributed by atoms with E-state index in [4.69, 9.17) is 4.74 Å². The molecule has 0 atom stereocenters. The molecule has 3 rings (SSSR count). The van der Waals surface area contributed by atoms with Crippen LogP contribution in [0, 0.1) is 6.92 Å². The predicted octanol–water partition coefficient (Wildman–Crippen LogP) is 2.73. The van der Waals surface area contributed by atoms with E-state index in [0.29, 0.717) is 22.1 Å². The first-order chi connectivity index (χ1) is 14.4. The number of carbonyl (C=O) groups excluding carboxylic acids is 2. The van der Waals surface area contributed by atoms with E-state index in [1.54, 1.807) is 6.92 Å². The van der Waals surface area contributed by atoms with Crippen LogP contribution in [0.2, 0.25) is 0 Å². The molecule has 0 saturated carbocycles. The van der Waals surface area contributed by atoms with Gasteiger partial charge in [-0.2, -0.15) is 0 Å². The fourth-order valence-electron chi connectivity index (χ4n) is 2.96. The molecule has 156 valence electrons. The SMILES string of the molecule is COC(=O)c1nc(NC(=O)CCn2c(C)cc(O)cc2=O)sc1Cc1ccccc1. The maximum Gasteiger partial charge on any atom is 0.357 e. The summed E-state index contributed by atoms with van der Waals surface area (Å²) in [5, 5.41) is 12.4. The van der Waals surface area contributed by atoms with E-state index in [1.165, 1.54) is 29.1 Å². The minimum atomic E-state index is -0.566. The van der Waals surface area contributed by atoms with E-state index in [9.17, 15) is 19.5 Å². The molecule has 0 unspecified atom stereocenters. The Kier molecular flexibility index (Phi) is 6.63. The van der Waals surface area contributed by atoms with Crippen molar-refractivity contribution >= 4 is 28.3 Å². The first kappa shape index (κ1) is 21.3. The molecule has 0 fully saturated rings. The number of nitrogens with one attached hydrogen (secondary N) is 1. The highest BCUT2D eigenvalue weighted by molar-refractivity contribution is 7.16. The van der Waals surface area contributed by atoms with Crippen molar-refractivity contribution in [3.63, 3.8) is 0 Å². The number of methoxy groups -OCH3 is 1. The van der Waals surface area contributed by atoms with Crippen LogP contribution >= 0.6 is 11.3 Å². The second-order valence-corrected chi connectivity index (χ2v) is 7.67. The summed E-state index contributed by atoms with van der Waals surface area (Å²) in [6, 6.07) is 12.2. The van der Waals surface area contributed by atoms with Crippen LogP contribution in [0.4, 0.5) is 5.13 Å². The highest BCUT2D eigenvalue weighted by atomic mass is 32.1. The number of hydrogen-bond acceptors (Lipinski definition) is 7. The zero-order valence-electron chi connectivity index (χ0n) is 16.5. The minimum absolute atomic E-state index is 0.0344. The van der Waals surface area contributed by atoms with Gasteiger partial charge in [-0.25, -0.2) is 9.78 Å². The van der Waals surface area contributed by atoms with Gasteiger partial charge in [0, 0.05) is 36.0 Å². The van der Waals surface area contributed by atoms with E-state index in [-0.39, 0.29) is 35.9 Å². The topological polar surface area (TPSA) is 111 Å². The fraction of sp³-hybridized carbons (Fsp3) is 0.238. The summed E-state index contributed by atoms with van der Waals surface area (Å²) in [5.41, 5.74) is 1.35. The second kappa shape index (κ2) is 9.36. The van der Waals surface area contributed by atoms with Crippen molar-refractivity contribution in [1.82, 2.24) is 9.55 Å². The number of aryl methyl sites for hydroxylation is 1. The van der Waals surface area contributed by atoms with Crippen molar-refractivity contribution in [3.8, 4) is 5.75 Å². The number of esters is 1. The summed E-state index contributed by atoms with van der Waals surface area (Å²) in [4.78, 5) is 41.3. The third-order valence-electron chi connectivity index (χ3n) is 4.41.